The molecule has 0 spiro atoms. The van der Waals surface area contributed by atoms with Crippen LogP contribution in [-0.4, -0.2) is 30.7 Å². The molecule has 0 saturated heterocycles. The van der Waals surface area contributed by atoms with E-state index in [2.05, 4.69) is 5.32 Å². The van der Waals surface area contributed by atoms with Gasteiger partial charge in [0.2, 0.25) is 5.91 Å². The fourth-order valence-electron chi connectivity index (χ4n) is 4.20. The number of aliphatic hydroxyl groups excluding tert-OH is 1. The quantitative estimate of drug-likeness (QED) is 0.703. The lowest BCUT2D eigenvalue weighted by Crippen LogP contribution is -2.41. The summed E-state index contributed by atoms with van der Waals surface area (Å²) in [5.41, 5.74) is 6.00. The molecule has 2 rings (SSSR count). The second kappa shape index (κ2) is 8.14. The van der Waals surface area contributed by atoms with Crippen molar-refractivity contribution in [3.8, 4) is 0 Å². The molecule has 2 fully saturated rings. The molecule has 0 heterocycles. The van der Waals surface area contributed by atoms with Crippen LogP contribution in [0.15, 0.2) is 0 Å². The summed E-state index contributed by atoms with van der Waals surface area (Å²) in [5, 5.41) is 12.6. The summed E-state index contributed by atoms with van der Waals surface area (Å²) in [6.07, 6.45) is 11.1. The van der Waals surface area contributed by atoms with Crippen molar-refractivity contribution in [1.82, 2.24) is 5.32 Å². The summed E-state index contributed by atoms with van der Waals surface area (Å²) in [6.45, 7) is 1.61. The highest BCUT2D eigenvalue weighted by Crippen LogP contribution is 2.38. The summed E-state index contributed by atoms with van der Waals surface area (Å²) < 4.78 is 0. The van der Waals surface area contributed by atoms with Crippen LogP contribution in [0, 0.1) is 17.3 Å². The molecule has 2 unspecified atom stereocenters. The van der Waals surface area contributed by atoms with E-state index in [0.717, 1.165) is 32.2 Å². The van der Waals surface area contributed by atoms with E-state index in [1.165, 1.54) is 32.1 Å². The van der Waals surface area contributed by atoms with E-state index in [1.54, 1.807) is 0 Å². The first-order valence-electron chi connectivity index (χ1n) is 8.77. The van der Waals surface area contributed by atoms with Gasteiger partial charge in [-0.25, -0.2) is 0 Å². The number of carbonyl (C=O) groups excluding carboxylic acids is 1. The molecule has 0 radical (unpaired) electrons. The van der Waals surface area contributed by atoms with Gasteiger partial charge in [0.05, 0.1) is 0 Å². The number of carbonyl (C=O) groups is 1. The molecule has 4 heteroatoms. The number of nitrogens with one attached hydrogen (secondary N) is 1. The predicted octanol–water partition coefficient (Wildman–Crippen LogP) is 2.20. The Morgan fingerprint density at radius 2 is 1.76 bits per heavy atom. The Balaban J connectivity index is 1.78. The van der Waals surface area contributed by atoms with Crippen molar-refractivity contribution in [3.05, 3.63) is 0 Å². The van der Waals surface area contributed by atoms with E-state index in [4.69, 9.17) is 5.73 Å². The van der Waals surface area contributed by atoms with E-state index in [1.807, 2.05) is 0 Å². The van der Waals surface area contributed by atoms with E-state index >= 15 is 0 Å². The molecule has 0 aliphatic heterocycles. The maximum Gasteiger partial charge on any atom is 0.220 e. The molecule has 2 aliphatic carbocycles. The number of aliphatic hydroxyl groups is 1. The number of hydrogen-bond donors (Lipinski definition) is 3. The summed E-state index contributed by atoms with van der Waals surface area (Å²) in [4.78, 5) is 12.3. The van der Waals surface area contributed by atoms with E-state index in [0.29, 0.717) is 24.8 Å². The lowest BCUT2D eigenvalue weighted by Gasteiger charge is -2.36. The van der Waals surface area contributed by atoms with Gasteiger partial charge in [0.25, 0.3) is 0 Å². The van der Waals surface area contributed by atoms with Crippen LogP contribution in [0.25, 0.3) is 0 Å². The maximum atomic E-state index is 12.3. The lowest BCUT2D eigenvalue weighted by atomic mass is 9.71. The second-order valence-corrected chi connectivity index (χ2v) is 7.23. The highest BCUT2D eigenvalue weighted by molar-refractivity contribution is 5.76. The van der Waals surface area contributed by atoms with Crippen LogP contribution in [0.1, 0.15) is 64.2 Å². The smallest absolute Gasteiger partial charge is 0.220 e. The average Bonchev–Trinajstić information content (AvgIpc) is 2.54. The van der Waals surface area contributed by atoms with E-state index in [9.17, 15) is 9.90 Å². The standard InChI is InChI=1S/C17H32N2O2/c18-13-17(8-4-1-5-9-17)10-16(21)19-11-14-6-2-3-7-15(14)12-20/h14-15,20H,1-13,18H2,(H,19,21). The zero-order valence-corrected chi connectivity index (χ0v) is 13.3. The molecule has 2 aliphatic rings. The summed E-state index contributed by atoms with van der Waals surface area (Å²) >= 11 is 0. The normalized spacial score (nSPS) is 29.0. The SMILES string of the molecule is NCC1(CC(=O)NCC2CCCCC2CO)CCCCC1. The Hall–Kier alpha value is -0.610. The van der Waals surface area contributed by atoms with Gasteiger partial charge < -0.3 is 16.2 Å². The lowest BCUT2D eigenvalue weighted by molar-refractivity contribution is -0.124. The third kappa shape index (κ3) is 4.68. The van der Waals surface area contributed by atoms with Crippen molar-refractivity contribution < 1.29 is 9.90 Å². The van der Waals surface area contributed by atoms with Gasteiger partial charge in [-0.1, -0.05) is 32.1 Å². The van der Waals surface area contributed by atoms with E-state index in [-0.39, 0.29) is 17.9 Å². The molecule has 1 amide bonds. The summed E-state index contributed by atoms with van der Waals surface area (Å²) in [5.74, 6) is 0.981. The maximum absolute atomic E-state index is 12.3. The zero-order valence-electron chi connectivity index (χ0n) is 13.3. The first kappa shape index (κ1) is 16.8. The van der Waals surface area contributed by atoms with Gasteiger partial charge in [-0.3, -0.25) is 4.79 Å². The van der Waals surface area contributed by atoms with Gasteiger partial charge in [0, 0.05) is 19.6 Å². The molecule has 2 saturated carbocycles. The Kier molecular flexibility index (Phi) is 6.49. The molecule has 0 aromatic carbocycles. The minimum Gasteiger partial charge on any atom is -0.396 e. The summed E-state index contributed by atoms with van der Waals surface area (Å²) in [7, 11) is 0. The van der Waals surface area contributed by atoms with Crippen LogP contribution in [-0.2, 0) is 4.79 Å². The van der Waals surface area contributed by atoms with Crippen molar-refractivity contribution >= 4 is 5.91 Å². The first-order valence-corrected chi connectivity index (χ1v) is 8.77. The van der Waals surface area contributed by atoms with Crippen LogP contribution in [0.5, 0.6) is 0 Å². The van der Waals surface area contributed by atoms with Crippen molar-refractivity contribution in [2.75, 3.05) is 19.7 Å². The topological polar surface area (TPSA) is 75.4 Å². The number of rotatable bonds is 6. The summed E-state index contributed by atoms with van der Waals surface area (Å²) in [6, 6.07) is 0. The van der Waals surface area contributed by atoms with Gasteiger partial charge in [-0.05, 0) is 49.5 Å². The van der Waals surface area contributed by atoms with Gasteiger partial charge in [0.1, 0.15) is 0 Å². The number of amides is 1. The van der Waals surface area contributed by atoms with Crippen LogP contribution < -0.4 is 11.1 Å². The molecule has 0 bridgehead atoms. The predicted molar refractivity (Wildman–Crippen MR) is 84.7 cm³/mol. The molecule has 2 atom stereocenters. The highest BCUT2D eigenvalue weighted by atomic mass is 16.3. The van der Waals surface area contributed by atoms with Crippen LogP contribution in [0.3, 0.4) is 0 Å². The third-order valence-corrected chi connectivity index (χ3v) is 5.75. The molecule has 0 aromatic rings. The minimum atomic E-state index is 0.0469. The fraction of sp³-hybridized carbons (Fsp3) is 0.941. The highest BCUT2D eigenvalue weighted by Gasteiger charge is 2.33. The molecular formula is C17H32N2O2. The van der Waals surface area contributed by atoms with Crippen molar-refractivity contribution in [2.45, 2.75) is 64.2 Å². The van der Waals surface area contributed by atoms with Gasteiger partial charge in [-0.2, -0.15) is 0 Å². The van der Waals surface area contributed by atoms with Gasteiger partial charge in [-0.15, -0.1) is 0 Å². The molecule has 4 N–H and O–H groups in total. The molecule has 122 valence electrons. The molecule has 0 aromatic heterocycles. The minimum absolute atomic E-state index is 0.0469. The number of nitrogens with two attached hydrogens (primary N) is 1. The average molecular weight is 296 g/mol. The molecule has 21 heavy (non-hydrogen) atoms. The fourth-order valence-corrected chi connectivity index (χ4v) is 4.20. The van der Waals surface area contributed by atoms with Gasteiger partial charge in [0.15, 0.2) is 0 Å². The largest absolute Gasteiger partial charge is 0.396 e. The van der Waals surface area contributed by atoms with Crippen molar-refractivity contribution in [1.29, 1.82) is 0 Å². The molecular weight excluding hydrogens is 264 g/mol. The van der Waals surface area contributed by atoms with Crippen LogP contribution in [0.2, 0.25) is 0 Å². The Bertz CT molecular complexity index is 327. The van der Waals surface area contributed by atoms with Crippen molar-refractivity contribution in [2.24, 2.45) is 23.0 Å². The third-order valence-electron chi connectivity index (χ3n) is 5.75. The van der Waals surface area contributed by atoms with Crippen molar-refractivity contribution in [3.63, 3.8) is 0 Å². The first-order chi connectivity index (χ1) is 10.2. The zero-order chi connectivity index (χ0) is 15.1. The Morgan fingerprint density at radius 3 is 2.38 bits per heavy atom. The monoisotopic (exact) mass is 296 g/mol. The number of hydrogen-bond acceptors (Lipinski definition) is 3. The Morgan fingerprint density at radius 1 is 1.10 bits per heavy atom. The second-order valence-electron chi connectivity index (χ2n) is 7.23. The molecule has 4 nitrogen and oxygen atoms in total. The van der Waals surface area contributed by atoms with Gasteiger partial charge >= 0.3 is 0 Å². The van der Waals surface area contributed by atoms with Crippen LogP contribution >= 0.6 is 0 Å². The van der Waals surface area contributed by atoms with E-state index < -0.39 is 0 Å². The van der Waals surface area contributed by atoms with Crippen LogP contribution in [0.4, 0.5) is 0 Å². The Labute approximate surface area is 128 Å².